The van der Waals surface area contributed by atoms with Crippen LogP contribution in [-0.2, 0) is 52.1 Å². The van der Waals surface area contributed by atoms with Crippen molar-refractivity contribution in [3.05, 3.63) is 160 Å². The molecule has 21 nitrogen and oxygen atoms in total. The molecule has 1 unspecified atom stereocenters. The summed E-state index contributed by atoms with van der Waals surface area (Å²) in [5.74, 6) is -2.98. The molecule has 2 fully saturated rings. The van der Waals surface area contributed by atoms with Gasteiger partial charge in [0.15, 0.2) is 0 Å². The number of anilines is 3. The number of fused-ring (bicyclic) bond motifs is 1. The van der Waals surface area contributed by atoms with Crippen LogP contribution in [0.25, 0.3) is 5.57 Å². The van der Waals surface area contributed by atoms with E-state index in [1.54, 1.807) is 24.3 Å². The Morgan fingerprint density at radius 1 is 0.808 bits per heavy atom. The van der Waals surface area contributed by atoms with Gasteiger partial charge in [0.25, 0.3) is 37.6 Å². The number of carbonyl (C=O) groups is 5. The van der Waals surface area contributed by atoms with Gasteiger partial charge in [0, 0.05) is 97.1 Å². The number of piperidine rings is 1. The second-order valence-corrected chi connectivity index (χ2v) is 31.5. The highest BCUT2D eigenvalue weighted by molar-refractivity contribution is 7.99. The number of aromatic amines is 1. The maximum atomic E-state index is 14.5. The first kappa shape index (κ1) is 74.2. The summed E-state index contributed by atoms with van der Waals surface area (Å²) in [6.07, 6.45) is 10.5. The molecule has 5 amide bonds. The highest BCUT2D eigenvalue weighted by atomic mass is 35.5. The molecule has 0 bridgehead atoms. The van der Waals surface area contributed by atoms with Crippen molar-refractivity contribution in [1.82, 2.24) is 34.5 Å². The lowest BCUT2D eigenvalue weighted by Crippen LogP contribution is -2.54. The van der Waals surface area contributed by atoms with E-state index < -0.39 is 82.5 Å². The predicted octanol–water partition coefficient (Wildman–Crippen LogP) is 11.3. The summed E-state index contributed by atoms with van der Waals surface area (Å²) in [4.78, 5) is 70.5. The molecular weight excluding hydrogens is 1360 g/mol. The van der Waals surface area contributed by atoms with Gasteiger partial charge in [-0.05, 0) is 160 Å². The second kappa shape index (κ2) is 33.3. The smallest absolute Gasteiger partial charge is 0.382 e. The van der Waals surface area contributed by atoms with Gasteiger partial charge in [-0.25, -0.2) is 21.6 Å². The number of amides is 5. The monoisotopic (exact) mass is 1440 g/mol. The molecule has 4 heterocycles. The topological polar surface area (TPSA) is 254 Å². The fourth-order valence-corrected chi connectivity index (χ4v) is 15.9. The number of hydrogen-bond donors (Lipinski definition) is 5. The largest absolute Gasteiger partial charge is 0.501 e. The average molecular weight is 1440 g/mol. The minimum Gasteiger partial charge on any atom is -0.382 e. The van der Waals surface area contributed by atoms with E-state index in [9.17, 15) is 54.0 Å². The molecule has 2 saturated heterocycles. The van der Waals surface area contributed by atoms with E-state index in [-0.39, 0.29) is 34.9 Å². The molecule has 6 aromatic rings. The van der Waals surface area contributed by atoms with Gasteiger partial charge < -0.3 is 29.9 Å². The molecule has 0 spiro atoms. The summed E-state index contributed by atoms with van der Waals surface area (Å²) in [5, 5.41) is 12.4. The molecule has 28 heteroatoms. The van der Waals surface area contributed by atoms with E-state index in [1.807, 2.05) is 65.1 Å². The zero-order valence-electron chi connectivity index (χ0n) is 55.8. The van der Waals surface area contributed by atoms with E-state index in [4.69, 9.17) is 21.1 Å². The average Bonchev–Trinajstić information content (AvgIpc) is 1.44. The number of nitrogens with zero attached hydrogens (tertiary/aromatic N) is 5. The standard InChI is InChI=1S/C71H86ClF3N10O11S3/c1-70(2)31-29-51(59(44-70)49-17-21-52(72)22-18-49)45-82-36-38-83(39-37-82)55-23-19-50(20-24-55)66(87)80-99(93,94)57-25-26-60(63(43-57)98(91,92)71(73,74)75)77-53(48-97-56-13-8-7-9-14-56)30-35-81(3)33-10-5-4-6-11-34-84-46-54(79-84)47-96-42-41-95-40-32-76-61-16-12-15-58-65(61)69(90)85(68(58)89)62-27-28-64(86)78-67(62)88/h7-9,12-26,43,46,53,62,76-77,79H,4-6,10-11,27-42,44-45,47-48H2,1-3H3,(H,80,87)(H,78,86,88)/t53-,62?/m1/s1. The van der Waals surface area contributed by atoms with E-state index in [0.717, 1.165) is 130 Å². The van der Waals surface area contributed by atoms with Crippen LogP contribution >= 0.6 is 23.4 Å². The number of hydrogen-bond acceptors (Lipinski definition) is 17. The molecule has 10 rings (SSSR count). The van der Waals surface area contributed by atoms with Crippen LogP contribution in [0.2, 0.25) is 5.02 Å². The van der Waals surface area contributed by atoms with Crippen molar-refractivity contribution in [1.29, 1.82) is 0 Å². The third kappa shape index (κ3) is 19.5. The Morgan fingerprint density at radius 2 is 1.53 bits per heavy atom. The number of sulfone groups is 1. The number of carbonyl (C=O) groups excluding carboxylic acids is 5. The number of imide groups is 2. The quantitative estimate of drug-likeness (QED) is 0.0143. The Bertz CT molecular complexity index is 4080. The number of halogens is 4. The number of rotatable bonds is 34. The Morgan fingerprint density at radius 3 is 2.25 bits per heavy atom. The number of unbranched alkanes of at least 4 members (excludes halogenated alkanes) is 4. The van der Waals surface area contributed by atoms with Gasteiger partial charge in [0.2, 0.25) is 11.8 Å². The normalized spacial score (nSPS) is 17.3. The van der Waals surface area contributed by atoms with Gasteiger partial charge in [0.05, 0.1) is 53.8 Å². The Labute approximate surface area is 585 Å². The van der Waals surface area contributed by atoms with Crippen molar-refractivity contribution in [3.8, 4) is 0 Å². The number of aryl methyl sites for hydroxylation is 1. The molecule has 3 aliphatic heterocycles. The van der Waals surface area contributed by atoms with Gasteiger partial charge >= 0.3 is 5.51 Å². The minimum atomic E-state index is -6.12. The summed E-state index contributed by atoms with van der Waals surface area (Å²) in [5.41, 5.74) is 0.587. The minimum absolute atomic E-state index is 0.0200. The van der Waals surface area contributed by atoms with Crippen molar-refractivity contribution in [2.24, 2.45) is 5.41 Å². The van der Waals surface area contributed by atoms with Crippen LogP contribution in [0.3, 0.4) is 0 Å². The van der Waals surface area contributed by atoms with Gasteiger partial charge in [-0.15, -0.1) is 11.8 Å². The highest BCUT2D eigenvalue weighted by Gasteiger charge is 2.49. The van der Waals surface area contributed by atoms with Gasteiger partial charge in [-0.2, -0.15) is 13.2 Å². The van der Waals surface area contributed by atoms with E-state index in [1.165, 1.54) is 46.7 Å². The number of thioether (sulfide) groups is 1. The maximum Gasteiger partial charge on any atom is 0.501 e. The number of sulfonamides is 1. The molecule has 0 saturated carbocycles. The summed E-state index contributed by atoms with van der Waals surface area (Å²) >= 11 is 7.67. The zero-order valence-corrected chi connectivity index (χ0v) is 59.0. The molecule has 2 atom stereocenters. The molecular formula is C71H86ClF3N10O11S3. The first-order valence-electron chi connectivity index (χ1n) is 33.5. The molecule has 532 valence electrons. The van der Waals surface area contributed by atoms with E-state index in [2.05, 4.69) is 61.7 Å². The van der Waals surface area contributed by atoms with Crippen LogP contribution in [0.4, 0.5) is 30.2 Å². The van der Waals surface area contributed by atoms with Crippen molar-refractivity contribution < 1.29 is 63.5 Å². The van der Waals surface area contributed by atoms with Crippen LogP contribution in [0, 0.1) is 5.41 Å². The van der Waals surface area contributed by atoms with E-state index >= 15 is 0 Å². The summed E-state index contributed by atoms with van der Waals surface area (Å²) < 4.78 is 113. The third-order valence-corrected chi connectivity index (χ3v) is 22.6. The van der Waals surface area contributed by atoms with Crippen LogP contribution in [-0.4, -0.2) is 173 Å². The molecule has 99 heavy (non-hydrogen) atoms. The lowest BCUT2D eigenvalue weighted by atomic mass is 9.72. The molecule has 5 N–H and O–H groups in total. The number of nitrogens with one attached hydrogen (secondary N) is 5. The van der Waals surface area contributed by atoms with Gasteiger partial charge in [0.1, 0.15) is 10.9 Å². The molecule has 1 aromatic heterocycles. The SMILES string of the molecule is CN(CCCCCCCn1cc(COCCOCCNc2cccc3c2C(=O)N(C2CCC(=O)NC2=O)C3=O)[nH]1)CC[C@H](CSc1ccccc1)Nc1ccc(S(=O)(=O)NC(=O)c2ccc(N3CCN(CC4=C(c5ccc(Cl)cc5)CC(C)(C)CC4)CC3)cc2)cc1S(=O)(=O)C(F)(F)F. The van der Waals surface area contributed by atoms with Crippen molar-refractivity contribution in [2.45, 2.75) is 130 Å². The second-order valence-electron chi connectivity index (χ2n) is 26.3. The fraction of sp³-hybridized carbons (Fsp3) is 0.451. The molecule has 0 radical (unpaired) electrons. The number of H-pyrrole nitrogens is 1. The summed E-state index contributed by atoms with van der Waals surface area (Å²) in [6, 6.07) is 29.5. The number of benzene rings is 5. The van der Waals surface area contributed by atoms with Crippen molar-refractivity contribution in [2.75, 3.05) is 101 Å². The highest BCUT2D eigenvalue weighted by Crippen LogP contribution is 2.44. The Balaban J connectivity index is 0.638. The van der Waals surface area contributed by atoms with Gasteiger partial charge in [-0.1, -0.05) is 86.7 Å². The van der Waals surface area contributed by atoms with Crippen LogP contribution in [0.15, 0.2) is 142 Å². The van der Waals surface area contributed by atoms with Crippen molar-refractivity contribution in [3.63, 3.8) is 0 Å². The van der Waals surface area contributed by atoms with E-state index in [0.29, 0.717) is 68.5 Å². The summed E-state index contributed by atoms with van der Waals surface area (Å²) in [6.45, 7) is 12.3. The fourth-order valence-electron chi connectivity index (χ4n) is 12.8. The number of aromatic nitrogens is 2. The number of piperazine rings is 1. The first-order chi connectivity index (χ1) is 47.3. The van der Waals surface area contributed by atoms with Gasteiger partial charge in [-0.3, -0.25) is 48.9 Å². The lowest BCUT2D eigenvalue weighted by molar-refractivity contribution is -0.136. The third-order valence-electron chi connectivity index (χ3n) is 18.4. The van der Waals surface area contributed by atoms with Crippen LogP contribution < -0.4 is 25.6 Å². The predicted molar refractivity (Wildman–Crippen MR) is 376 cm³/mol. The van der Waals surface area contributed by atoms with Crippen LogP contribution in [0.1, 0.15) is 127 Å². The maximum absolute atomic E-state index is 14.5. The summed E-state index contributed by atoms with van der Waals surface area (Å²) in [7, 11) is -9.07. The number of ether oxygens (including phenoxy) is 2. The first-order valence-corrected chi connectivity index (χ1v) is 37.8. The Hall–Kier alpha value is -7.50. The molecule has 5 aromatic carbocycles. The van der Waals surface area contributed by atoms with Crippen LogP contribution in [0.5, 0.6) is 0 Å². The molecule has 4 aliphatic rings. The number of allylic oxidation sites excluding steroid dienone is 1. The Kier molecular flexibility index (Phi) is 25.0. The zero-order chi connectivity index (χ0) is 70.5. The lowest BCUT2D eigenvalue weighted by Gasteiger charge is -2.39. The number of alkyl halides is 3. The van der Waals surface area contributed by atoms with Crippen molar-refractivity contribution >= 4 is 95.4 Å². The molecule has 1 aliphatic carbocycles.